The van der Waals surface area contributed by atoms with Crippen LogP contribution < -0.4 is 21.4 Å². The summed E-state index contributed by atoms with van der Waals surface area (Å²) >= 11 is 0. The van der Waals surface area contributed by atoms with E-state index in [1.807, 2.05) is 31.2 Å². The highest BCUT2D eigenvalue weighted by molar-refractivity contribution is 5.90. The van der Waals surface area contributed by atoms with Gasteiger partial charge in [-0.15, -0.1) is 4.73 Å². The molecule has 7 nitrogen and oxygen atoms in total. The van der Waals surface area contributed by atoms with Crippen molar-refractivity contribution in [3.05, 3.63) is 58.3 Å². The minimum absolute atomic E-state index is 0.262. The number of pyridine rings is 1. The van der Waals surface area contributed by atoms with Crippen molar-refractivity contribution in [3.8, 4) is 0 Å². The molecule has 0 amide bonds. The van der Waals surface area contributed by atoms with Gasteiger partial charge in [0.15, 0.2) is 5.65 Å². The summed E-state index contributed by atoms with van der Waals surface area (Å²) in [7, 11) is 0. The molecule has 3 N–H and O–H groups in total. The Morgan fingerprint density at radius 1 is 1.27 bits per heavy atom. The van der Waals surface area contributed by atoms with Gasteiger partial charge in [-0.2, -0.15) is 0 Å². The van der Waals surface area contributed by atoms with Crippen LogP contribution in [0.25, 0.3) is 11.0 Å². The molecule has 136 valence electrons. The fourth-order valence-corrected chi connectivity index (χ4v) is 2.75. The summed E-state index contributed by atoms with van der Waals surface area (Å²) in [5, 5.41) is 4.07. The second kappa shape index (κ2) is 7.86. The molecule has 26 heavy (non-hydrogen) atoms. The van der Waals surface area contributed by atoms with Crippen LogP contribution in [0.5, 0.6) is 0 Å². The van der Waals surface area contributed by atoms with Gasteiger partial charge >= 0.3 is 0 Å². The molecule has 0 atom stereocenters. The normalized spacial score (nSPS) is 10.8. The Hall–Kier alpha value is -3.09. The molecule has 3 aromatic rings. The predicted octanol–water partition coefficient (Wildman–Crippen LogP) is 2.52. The zero-order valence-corrected chi connectivity index (χ0v) is 15.0. The van der Waals surface area contributed by atoms with Crippen molar-refractivity contribution in [3.63, 3.8) is 0 Å². The topological polar surface area (TPSA) is 95.1 Å². The van der Waals surface area contributed by atoms with Crippen LogP contribution in [0.2, 0.25) is 0 Å². The Labute approximate surface area is 151 Å². The molecule has 1 aromatic carbocycles. The van der Waals surface area contributed by atoms with Gasteiger partial charge in [0.1, 0.15) is 12.9 Å². The maximum Gasteiger partial charge on any atom is 0.287 e. The third-order valence-corrected chi connectivity index (χ3v) is 4.10. The number of rotatable bonds is 7. The Morgan fingerprint density at radius 2 is 2.12 bits per heavy atom. The summed E-state index contributed by atoms with van der Waals surface area (Å²) in [5.41, 5.74) is 9.22. The van der Waals surface area contributed by atoms with Crippen LogP contribution in [0.4, 0.5) is 11.4 Å². The summed E-state index contributed by atoms with van der Waals surface area (Å²) in [4.78, 5) is 26.7. The number of hydrogen-bond acceptors (Lipinski definition) is 6. The maximum absolute atomic E-state index is 12.5. The van der Waals surface area contributed by atoms with E-state index in [-0.39, 0.29) is 5.56 Å². The molecule has 0 radical (unpaired) electrons. The highest BCUT2D eigenvalue weighted by Crippen LogP contribution is 2.22. The van der Waals surface area contributed by atoms with E-state index in [1.54, 1.807) is 0 Å². The number of nitrogens with one attached hydrogen (secondary N) is 1. The van der Waals surface area contributed by atoms with E-state index in [2.05, 4.69) is 22.2 Å². The molecule has 2 heterocycles. The van der Waals surface area contributed by atoms with Crippen LogP contribution in [0, 0.1) is 6.92 Å². The minimum atomic E-state index is -0.262. The zero-order valence-electron chi connectivity index (χ0n) is 15.0. The van der Waals surface area contributed by atoms with Gasteiger partial charge in [0.05, 0.1) is 16.8 Å². The number of fused-ring (bicyclic) bond motifs is 1. The summed E-state index contributed by atoms with van der Waals surface area (Å²) < 4.78 is 1.26. The molecule has 2 aromatic heterocycles. The third kappa shape index (κ3) is 3.77. The van der Waals surface area contributed by atoms with Gasteiger partial charge < -0.3 is 15.9 Å². The van der Waals surface area contributed by atoms with Gasteiger partial charge in [-0.3, -0.25) is 4.79 Å². The van der Waals surface area contributed by atoms with E-state index in [9.17, 15) is 4.79 Å². The first kappa shape index (κ1) is 17.7. The first-order valence-electron chi connectivity index (χ1n) is 8.69. The summed E-state index contributed by atoms with van der Waals surface area (Å²) in [6.07, 6.45) is 3.30. The molecule has 0 saturated heterocycles. The van der Waals surface area contributed by atoms with Crippen molar-refractivity contribution in [2.45, 2.75) is 33.2 Å². The number of unbranched alkanes of at least 4 members (excludes halogenated alkanes) is 1. The lowest BCUT2D eigenvalue weighted by molar-refractivity contribution is 0.108. The molecule has 0 unspecified atom stereocenters. The van der Waals surface area contributed by atoms with E-state index < -0.39 is 0 Å². The zero-order chi connectivity index (χ0) is 18.5. The quantitative estimate of drug-likeness (QED) is 0.501. The second-order valence-corrected chi connectivity index (χ2v) is 6.13. The number of nitrogen functional groups attached to an aromatic ring is 1. The van der Waals surface area contributed by atoms with E-state index in [0.717, 1.165) is 29.5 Å². The van der Waals surface area contributed by atoms with Gasteiger partial charge in [0.25, 0.3) is 5.56 Å². The van der Waals surface area contributed by atoms with Gasteiger partial charge in [0, 0.05) is 18.3 Å². The fraction of sp³-hybridized carbons (Fsp3) is 0.316. The Morgan fingerprint density at radius 3 is 2.88 bits per heavy atom. The summed E-state index contributed by atoms with van der Waals surface area (Å²) in [6.45, 7) is 4.95. The molecule has 0 saturated carbocycles. The van der Waals surface area contributed by atoms with Gasteiger partial charge in [-0.05, 0) is 31.0 Å². The molecule has 0 aliphatic carbocycles. The summed E-state index contributed by atoms with van der Waals surface area (Å²) in [6, 6.07) is 9.14. The number of anilines is 2. The van der Waals surface area contributed by atoms with Crippen LogP contribution >= 0.6 is 0 Å². The molecule has 0 spiro atoms. The van der Waals surface area contributed by atoms with E-state index in [0.29, 0.717) is 30.2 Å². The lowest BCUT2D eigenvalue weighted by atomic mass is 10.1. The van der Waals surface area contributed by atoms with Crippen molar-refractivity contribution < 1.29 is 4.84 Å². The van der Waals surface area contributed by atoms with Gasteiger partial charge in [-0.1, -0.05) is 25.5 Å². The van der Waals surface area contributed by atoms with Crippen molar-refractivity contribution in [1.29, 1.82) is 0 Å². The van der Waals surface area contributed by atoms with Crippen molar-refractivity contribution >= 4 is 22.4 Å². The number of nitrogens with two attached hydrogens (primary N) is 1. The standard InChI is InChI=1S/C19H23N5O2/c1-3-4-8-26-24-17(25)10-16(18-13(2)22-12-23-19(18)24)21-11-14-6-5-7-15(20)9-14/h5-7,9-10,12,21H,3-4,8,11,20H2,1-2H3. The molecule has 0 aliphatic heterocycles. The van der Waals surface area contributed by atoms with Gasteiger partial charge in [0.2, 0.25) is 0 Å². The predicted molar refractivity (Wildman–Crippen MR) is 103 cm³/mol. The highest BCUT2D eigenvalue weighted by Gasteiger charge is 2.14. The van der Waals surface area contributed by atoms with Crippen molar-refractivity contribution in [1.82, 2.24) is 14.7 Å². The second-order valence-electron chi connectivity index (χ2n) is 6.13. The molecule has 0 fully saturated rings. The first-order chi connectivity index (χ1) is 12.6. The number of nitrogens with zero attached hydrogens (tertiary/aromatic N) is 3. The number of aromatic nitrogens is 3. The van der Waals surface area contributed by atoms with E-state index in [1.165, 1.54) is 17.1 Å². The van der Waals surface area contributed by atoms with Crippen LogP contribution in [-0.4, -0.2) is 21.3 Å². The maximum atomic E-state index is 12.5. The Bertz CT molecular complexity index is 968. The summed E-state index contributed by atoms with van der Waals surface area (Å²) in [5.74, 6) is 0. The van der Waals surface area contributed by atoms with Crippen LogP contribution in [0.1, 0.15) is 31.0 Å². The number of benzene rings is 1. The minimum Gasteiger partial charge on any atom is -0.409 e. The molecule has 7 heteroatoms. The molecular weight excluding hydrogens is 330 g/mol. The largest absolute Gasteiger partial charge is 0.409 e. The first-order valence-corrected chi connectivity index (χ1v) is 8.69. The van der Waals surface area contributed by atoms with Crippen LogP contribution in [0.15, 0.2) is 41.5 Å². The smallest absolute Gasteiger partial charge is 0.287 e. The van der Waals surface area contributed by atoms with Gasteiger partial charge in [-0.25, -0.2) is 9.97 Å². The Kier molecular flexibility index (Phi) is 5.36. The fourth-order valence-electron chi connectivity index (χ4n) is 2.75. The number of hydrogen-bond donors (Lipinski definition) is 2. The lowest BCUT2D eigenvalue weighted by Gasteiger charge is -2.15. The van der Waals surface area contributed by atoms with Crippen LogP contribution in [-0.2, 0) is 6.54 Å². The van der Waals surface area contributed by atoms with Crippen LogP contribution in [0.3, 0.4) is 0 Å². The Balaban J connectivity index is 1.98. The SMILES string of the molecule is CCCCOn1c(=O)cc(NCc2cccc(N)c2)c2c(C)ncnc21. The monoisotopic (exact) mass is 353 g/mol. The lowest BCUT2D eigenvalue weighted by Crippen LogP contribution is -2.29. The highest BCUT2D eigenvalue weighted by atomic mass is 16.7. The molecule has 0 aliphatic rings. The molecule has 0 bridgehead atoms. The number of aryl methyl sites for hydroxylation is 1. The molecular formula is C19H23N5O2. The van der Waals surface area contributed by atoms with E-state index in [4.69, 9.17) is 10.6 Å². The third-order valence-electron chi connectivity index (χ3n) is 4.10. The average molecular weight is 353 g/mol. The average Bonchev–Trinajstić information content (AvgIpc) is 2.62. The van der Waals surface area contributed by atoms with Crippen molar-refractivity contribution in [2.75, 3.05) is 17.7 Å². The van der Waals surface area contributed by atoms with E-state index >= 15 is 0 Å². The molecule has 3 rings (SSSR count). The van der Waals surface area contributed by atoms with Crippen molar-refractivity contribution in [2.24, 2.45) is 0 Å².